The molecule has 4 rings (SSSR count). The van der Waals surface area contributed by atoms with Crippen molar-refractivity contribution in [3.05, 3.63) is 69.6 Å². The number of fused-ring (bicyclic) bond motifs is 4. The van der Waals surface area contributed by atoms with Gasteiger partial charge in [-0.2, -0.15) is 0 Å². The number of hydrogen-bond acceptors (Lipinski definition) is 3. The summed E-state index contributed by atoms with van der Waals surface area (Å²) in [4.78, 5) is 38.1. The summed E-state index contributed by atoms with van der Waals surface area (Å²) in [5.41, 5.74) is 1.22. The van der Waals surface area contributed by atoms with Gasteiger partial charge in [0.1, 0.15) is 0 Å². The highest BCUT2D eigenvalue weighted by molar-refractivity contribution is 6.04. The Morgan fingerprint density at radius 3 is 2.48 bits per heavy atom. The van der Waals surface area contributed by atoms with Crippen molar-refractivity contribution in [3.63, 3.8) is 0 Å². The van der Waals surface area contributed by atoms with Gasteiger partial charge in [-0.3, -0.25) is 9.59 Å². The normalized spacial score (nSPS) is 21.5. The number of carbonyl (C=O) groups is 2. The number of likely N-dealkylation sites (tertiary alicyclic amines) is 1. The molecule has 2 aromatic rings. The number of nitrogens with zero attached hydrogens (tertiary/aromatic N) is 2. The lowest BCUT2D eigenvalue weighted by Gasteiger charge is -2.42. The third kappa shape index (κ3) is 2.63. The summed E-state index contributed by atoms with van der Waals surface area (Å²) >= 11 is 0. The second-order valence-corrected chi connectivity index (χ2v) is 6.76. The first-order valence-corrected chi connectivity index (χ1v) is 8.36. The van der Waals surface area contributed by atoms with Crippen molar-refractivity contribution >= 4 is 11.9 Å². The first-order chi connectivity index (χ1) is 12.0. The predicted octanol–water partition coefficient (Wildman–Crippen LogP) is 1.81. The van der Waals surface area contributed by atoms with Gasteiger partial charge in [-0.15, -0.1) is 0 Å². The monoisotopic (exact) mass is 338 g/mol. The minimum atomic E-state index is -1.10. The molecule has 6 nitrogen and oxygen atoms in total. The molecule has 3 heterocycles. The van der Waals surface area contributed by atoms with Gasteiger partial charge in [-0.1, -0.05) is 18.2 Å². The zero-order valence-corrected chi connectivity index (χ0v) is 13.6. The van der Waals surface area contributed by atoms with Gasteiger partial charge in [0, 0.05) is 37.3 Å². The van der Waals surface area contributed by atoms with Crippen LogP contribution < -0.4 is 5.56 Å². The molecule has 1 N–H and O–H groups in total. The molecule has 2 bridgehead atoms. The van der Waals surface area contributed by atoms with Crippen LogP contribution in [0.1, 0.15) is 38.7 Å². The van der Waals surface area contributed by atoms with Crippen molar-refractivity contribution in [2.45, 2.75) is 18.9 Å². The number of benzene rings is 1. The number of carbonyl (C=O) groups excluding carboxylic acids is 1. The molecule has 6 heteroatoms. The summed E-state index contributed by atoms with van der Waals surface area (Å²) in [6, 6.07) is 11.6. The van der Waals surface area contributed by atoms with E-state index in [1.165, 1.54) is 6.07 Å². The topological polar surface area (TPSA) is 79.6 Å². The highest BCUT2D eigenvalue weighted by atomic mass is 16.4. The van der Waals surface area contributed by atoms with E-state index in [0.29, 0.717) is 19.6 Å². The Kier molecular flexibility index (Phi) is 3.67. The van der Waals surface area contributed by atoms with Crippen molar-refractivity contribution < 1.29 is 14.7 Å². The summed E-state index contributed by atoms with van der Waals surface area (Å²) < 4.78 is 1.81. The number of aromatic nitrogens is 1. The molecule has 0 aliphatic carbocycles. The van der Waals surface area contributed by atoms with Gasteiger partial charge in [-0.05, 0) is 30.5 Å². The van der Waals surface area contributed by atoms with Crippen LogP contribution in [0, 0.1) is 5.92 Å². The van der Waals surface area contributed by atoms with E-state index < -0.39 is 5.97 Å². The van der Waals surface area contributed by atoms with E-state index in [2.05, 4.69) is 0 Å². The quantitative estimate of drug-likeness (QED) is 0.906. The Balaban J connectivity index is 1.66. The smallest absolute Gasteiger partial charge is 0.336 e. The fourth-order valence-electron chi connectivity index (χ4n) is 4.09. The molecule has 1 saturated heterocycles. The number of aromatic carboxylic acids is 1. The lowest BCUT2D eigenvalue weighted by atomic mass is 9.83. The van der Waals surface area contributed by atoms with Crippen molar-refractivity contribution in [3.8, 4) is 0 Å². The molecule has 0 spiro atoms. The summed E-state index contributed by atoms with van der Waals surface area (Å²) in [7, 11) is 0. The van der Waals surface area contributed by atoms with E-state index in [4.69, 9.17) is 0 Å². The Morgan fingerprint density at radius 2 is 1.72 bits per heavy atom. The number of hydrogen-bond donors (Lipinski definition) is 1. The van der Waals surface area contributed by atoms with Crippen molar-refractivity contribution in [1.82, 2.24) is 9.47 Å². The Morgan fingerprint density at radius 1 is 0.960 bits per heavy atom. The van der Waals surface area contributed by atoms with Crippen LogP contribution >= 0.6 is 0 Å². The number of pyridine rings is 1. The summed E-state index contributed by atoms with van der Waals surface area (Å²) in [6.07, 6.45) is 0.952. The van der Waals surface area contributed by atoms with Crippen LogP contribution in [-0.4, -0.2) is 39.5 Å². The average Bonchev–Trinajstić information content (AvgIpc) is 2.62. The molecule has 1 aromatic heterocycles. The maximum Gasteiger partial charge on any atom is 0.336 e. The van der Waals surface area contributed by atoms with Crippen LogP contribution in [0.25, 0.3) is 0 Å². The van der Waals surface area contributed by atoms with Crippen molar-refractivity contribution in [1.29, 1.82) is 0 Å². The molecular weight excluding hydrogens is 320 g/mol. The fourth-order valence-corrected chi connectivity index (χ4v) is 4.09. The van der Waals surface area contributed by atoms with E-state index in [1.54, 1.807) is 35.2 Å². The van der Waals surface area contributed by atoms with Gasteiger partial charge < -0.3 is 14.6 Å². The maximum absolute atomic E-state index is 12.9. The number of amides is 1. The minimum Gasteiger partial charge on any atom is -0.478 e. The predicted molar refractivity (Wildman–Crippen MR) is 90.9 cm³/mol. The van der Waals surface area contributed by atoms with Crippen molar-refractivity contribution in [2.24, 2.45) is 5.92 Å². The molecule has 25 heavy (non-hydrogen) atoms. The molecule has 2 aliphatic heterocycles. The Hall–Kier alpha value is -2.89. The number of carboxylic acid groups (broad SMARTS) is 1. The van der Waals surface area contributed by atoms with Gasteiger partial charge >= 0.3 is 5.97 Å². The van der Waals surface area contributed by atoms with Crippen LogP contribution in [0.15, 0.2) is 47.3 Å². The number of carboxylic acids is 1. The summed E-state index contributed by atoms with van der Waals surface area (Å²) in [6.45, 7) is 1.66. The standard InChI is InChI=1S/C19H18N2O4/c22-17-7-3-6-16-13-8-12(10-21(16)17)9-20(11-13)18(23)14-4-1-2-5-15(14)19(24)25/h1-7,12-13H,8-11H2,(H,24,25)/t12-,13+/m0/s1. The highest BCUT2D eigenvalue weighted by Gasteiger charge is 2.37. The molecule has 1 fully saturated rings. The van der Waals surface area contributed by atoms with Gasteiger partial charge in [0.15, 0.2) is 0 Å². The molecule has 128 valence electrons. The third-order valence-corrected chi connectivity index (χ3v) is 5.15. The van der Waals surface area contributed by atoms with E-state index in [1.807, 2.05) is 10.6 Å². The van der Waals surface area contributed by atoms with Crippen LogP contribution in [0.2, 0.25) is 0 Å². The van der Waals surface area contributed by atoms with Crippen LogP contribution in [0.3, 0.4) is 0 Å². The second kappa shape index (κ2) is 5.88. The van der Waals surface area contributed by atoms with Gasteiger partial charge in [-0.25, -0.2) is 4.79 Å². The Labute approximate surface area is 144 Å². The molecular formula is C19H18N2O4. The molecule has 0 saturated carbocycles. The first-order valence-electron chi connectivity index (χ1n) is 8.36. The Bertz CT molecular complexity index is 918. The van der Waals surface area contributed by atoms with Crippen LogP contribution in [0.4, 0.5) is 0 Å². The highest BCUT2D eigenvalue weighted by Crippen LogP contribution is 2.35. The molecule has 2 atom stereocenters. The first kappa shape index (κ1) is 15.6. The lowest BCUT2D eigenvalue weighted by molar-refractivity contribution is 0.0580. The summed E-state index contributed by atoms with van der Waals surface area (Å²) in [5.74, 6) is -1.02. The second-order valence-electron chi connectivity index (χ2n) is 6.76. The molecule has 1 aromatic carbocycles. The van der Waals surface area contributed by atoms with E-state index in [-0.39, 0.29) is 34.4 Å². The molecule has 0 unspecified atom stereocenters. The lowest BCUT2D eigenvalue weighted by Crippen LogP contribution is -2.49. The third-order valence-electron chi connectivity index (χ3n) is 5.15. The largest absolute Gasteiger partial charge is 0.478 e. The van der Waals surface area contributed by atoms with Gasteiger partial charge in [0.05, 0.1) is 11.1 Å². The summed E-state index contributed by atoms with van der Waals surface area (Å²) in [5, 5.41) is 9.33. The number of rotatable bonds is 2. The van der Waals surface area contributed by atoms with Crippen LogP contribution in [-0.2, 0) is 6.54 Å². The fraction of sp³-hybridized carbons (Fsp3) is 0.316. The van der Waals surface area contributed by atoms with Crippen LogP contribution in [0.5, 0.6) is 0 Å². The zero-order valence-electron chi connectivity index (χ0n) is 13.6. The number of piperidine rings is 1. The molecule has 0 radical (unpaired) electrons. The minimum absolute atomic E-state index is 0.00296. The zero-order chi connectivity index (χ0) is 17.6. The van der Waals surface area contributed by atoms with E-state index in [9.17, 15) is 19.5 Å². The average molecular weight is 338 g/mol. The van der Waals surface area contributed by atoms with Gasteiger partial charge in [0.2, 0.25) is 0 Å². The SMILES string of the molecule is O=C(O)c1ccccc1C(=O)N1C[C@@H]2C[C@H](C1)c1cccc(=O)n1C2. The van der Waals surface area contributed by atoms with Crippen molar-refractivity contribution in [2.75, 3.05) is 13.1 Å². The van der Waals surface area contributed by atoms with E-state index in [0.717, 1.165) is 12.1 Å². The molecule has 1 amide bonds. The van der Waals surface area contributed by atoms with E-state index >= 15 is 0 Å². The van der Waals surface area contributed by atoms with Gasteiger partial charge in [0.25, 0.3) is 11.5 Å². The molecule has 2 aliphatic rings. The maximum atomic E-state index is 12.9.